The second kappa shape index (κ2) is 5.37. The summed E-state index contributed by atoms with van der Waals surface area (Å²) >= 11 is 1.71. The summed E-state index contributed by atoms with van der Waals surface area (Å²) in [6.07, 6.45) is 0. The molecule has 1 aromatic heterocycles. The van der Waals surface area contributed by atoms with Gasteiger partial charge in [0.25, 0.3) is 0 Å². The van der Waals surface area contributed by atoms with Crippen LogP contribution in [0.15, 0.2) is 16.8 Å². The van der Waals surface area contributed by atoms with Crippen LogP contribution >= 0.6 is 11.3 Å². The Bertz CT molecular complexity index is 221. The van der Waals surface area contributed by atoms with Gasteiger partial charge in [0.05, 0.1) is 12.6 Å². The molecule has 0 saturated carbocycles. The monoisotopic (exact) mass is 199 g/mol. The molecule has 0 aromatic carbocycles. The van der Waals surface area contributed by atoms with Crippen molar-refractivity contribution in [3.8, 4) is 0 Å². The summed E-state index contributed by atoms with van der Waals surface area (Å²) in [7, 11) is 0. The highest BCUT2D eigenvalue weighted by Crippen LogP contribution is 2.15. The van der Waals surface area contributed by atoms with Crippen molar-refractivity contribution in [1.82, 2.24) is 5.48 Å². The first-order valence-electron chi connectivity index (χ1n) is 4.59. The van der Waals surface area contributed by atoms with E-state index in [2.05, 4.69) is 43.1 Å². The van der Waals surface area contributed by atoms with Gasteiger partial charge < -0.3 is 4.84 Å². The Labute approximate surface area is 83.9 Å². The lowest BCUT2D eigenvalue weighted by Gasteiger charge is -2.13. The molecule has 74 valence electrons. The number of nitrogens with one attached hydrogen (secondary N) is 1. The topological polar surface area (TPSA) is 21.3 Å². The minimum absolute atomic E-state index is 0.282. The van der Waals surface area contributed by atoms with E-state index in [1.54, 1.807) is 11.3 Å². The third-order valence-corrected chi connectivity index (χ3v) is 2.42. The number of rotatable bonds is 5. The lowest BCUT2D eigenvalue weighted by atomic mass is 10.2. The SMILES string of the molecule is CC(C)CONC(C)c1ccsc1. The quantitative estimate of drug-likeness (QED) is 0.736. The van der Waals surface area contributed by atoms with E-state index in [0.717, 1.165) is 6.61 Å². The van der Waals surface area contributed by atoms with E-state index in [1.807, 2.05) is 0 Å². The Morgan fingerprint density at radius 2 is 2.23 bits per heavy atom. The Hall–Kier alpha value is -0.380. The summed E-state index contributed by atoms with van der Waals surface area (Å²) in [6.45, 7) is 7.13. The summed E-state index contributed by atoms with van der Waals surface area (Å²) in [5, 5.41) is 4.21. The minimum Gasteiger partial charge on any atom is -0.301 e. The van der Waals surface area contributed by atoms with Gasteiger partial charge in [0.1, 0.15) is 0 Å². The van der Waals surface area contributed by atoms with Crippen LogP contribution < -0.4 is 5.48 Å². The van der Waals surface area contributed by atoms with E-state index >= 15 is 0 Å². The normalized spacial score (nSPS) is 13.5. The molecule has 1 aromatic rings. The van der Waals surface area contributed by atoms with Gasteiger partial charge in [-0.2, -0.15) is 16.8 Å². The molecule has 1 heterocycles. The van der Waals surface area contributed by atoms with Gasteiger partial charge in [-0.05, 0) is 35.2 Å². The van der Waals surface area contributed by atoms with Gasteiger partial charge in [0, 0.05) is 0 Å². The van der Waals surface area contributed by atoms with E-state index in [9.17, 15) is 0 Å². The zero-order chi connectivity index (χ0) is 9.68. The van der Waals surface area contributed by atoms with Crippen LogP contribution in [0.4, 0.5) is 0 Å². The maximum atomic E-state index is 5.34. The molecule has 0 bridgehead atoms. The zero-order valence-corrected chi connectivity index (χ0v) is 9.23. The Kier molecular flexibility index (Phi) is 4.42. The highest BCUT2D eigenvalue weighted by atomic mass is 32.1. The maximum Gasteiger partial charge on any atom is 0.0705 e. The standard InChI is InChI=1S/C10H17NOS/c1-8(2)6-12-11-9(3)10-4-5-13-7-10/h4-5,7-9,11H,6H2,1-3H3. The highest BCUT2D eigenvalue weighted by molar-refractivity contribution is 7.07. The molecule has 0 aliphatic heterocycles. The van der Waals surface area contributed by atoms with Crippen LogP contribution in [0.5, 0.6) is 0 Å². The van der Waals surface area contributed by atoms with E-state index in [0.29, 0.717) is 5.92 Å². The molecule has 0 spiro atoms. The predicted octanol–water partition coefficient (Wildman–Crippen LogP) is 2.99. The molecule has 0 aliphatic carbocycles. The van der Waals surface area contributed by atoms with Gasteiger partial charge in [-0.25, -0.2) is 0 Å². The number of hydroxylamine groups is 1. The van der Waals surface area contributed by atoms with Crippen LogP contribution in [0.2, 0.25) is 0 Å². The van der Waals surface area contributed by atoms with Gasteiger partial charge in [0.2, 0.25) is 0 Å². The highest BCUT2D eigenvalue weighted by Gasteiger charge is 2.04. The molecule has 1 unspecified atom stereocenters. The van der Waals surface area contributed by atoms with Gasteiger partial charge in [-0.15, -0.1) is 0 Å². The fourth-order valence-electron chi connectivity index (χ4n) is 0.929. The number of hydrogen-bond acceptors (Lipinski definition) is 3. The van der Waals surface area contributed by atoms with Crippen molar-refractivity contribution in [2.45, 2.75) is 26.8 Å². The molecule has 0 radical (unpaired) electrons. The van der Waals surface area contributed by atoms with Crippen molar-refractivity contribution in [2.24, 2.45) is 5.92 Å². The van der Waals surface area contributed by atoms with E-state index < -0.39 is 0 Å². The molecule has 0 saturated heterocycles. The second-order valence-corrected chi connectivity index (χ2v) is 4.38. The summed E-state index contributed by atoms with van der Waals surface area (Å²) in [5.74, 6) is 0.571. The first-order chi connectivity index (χ1) is 6.20. The first kappa shape index (κ1) is 10.7. The molecule has 13 heavy (non-hydrogen) atoms. The lowest BCUT2D eigenvalue weighted by molar-refractivity contribution is 0.00417. The summed E-state index contributed by atoms with van der Waals surface area (Å²) in [4.78, 5) is 5.34. The third kappa shape index (κ3) is 3.89. The molecule has 0 fully saturated rings. The van der Waals surface area contributed by atoms with Crippen LogP contribution in [0.1, 0.15) is 32.4 Å². The van der Waals surface area contributed by atoms with E-state index in [1.165, 1.54) is 5.56 Å². The van der Waals surface area contributed by atoms with Gasteiger partial charge in [-0.1, -0.05) is 13.8 Å². The number of thiophene rings is 1. The van der Waals surface area contributed by atoms with Crippen LogP contribution in [-0.2, 0) is 4.84 Å². The van der Waals surface area contributed by atoms with Crippen LogP contribution in [0.25, 0.3) is 0 Å². The molecular weight excluding hydrogens is 182 g/mol. The van der Waals surface area contributed by atoms with Crippen LogP contribution in [-0.4, -0.2) is 6.61 Å². The molecule has 1 rings (SSSR count). The smallest absolute Gasteiger partial charge is 0.0705 e. The van der Waals surface area contributed by atoms with Gasteiger partial charge >= 0.3 is 0 Å². The first-order valence-corrected chi connectivity index (χ1v) is 5.54. The maximum absolute atomic E-state index is 5.34. The summed E-state index contributed by atoms with van der Waals surface area (Å²) in [6, 6.07) is 2.39. The van der Waals surface area contributed by atoms with Crippen molar-refractivity contribution in [2.75, 3.05) is 6.61 Å². The summed E-state index contributed by atoms with van der Waals surface area (Å²) in [5.41, 5.74) is 4.31. The van der Waals surface area contributed by atoms with Gasteiger partial charge in [-0.3, -0.25) is 0 Å². The fourth-order valence-corrected chi connectivity index (χ4v) is 1.68. The van der Waals surface area contributed by atoms with Gasteiger partial charge in [0.15, 0.2) is 0 Å². The second-order valence-electron chi connectivity index (χ2n) is 3.60. The zero-order valence-electron chi connectivity index (χ0n) is 8.41. The third-order valence-electron chi connectivity index (χ3n) is 1.72. The lowest BCUT2D eigenvalue weighted by Crippen LogP contribution is -2.21. The molecule has 3 heteroatoms. The van der Waals surface area contributed by atoms with Crippen molar-refractivity contribution < 1.29 is 4.84 Å². The van der Waals surface area contributed by atoms with Crippen molar-refractivity contribution in [1.29, 1.82) is 0 Å². The molecule has 0 aliphatic rings. The number of hydrogen-bond donors (Lipinski definition) is 1. The molecule has 2 nitrogen and oxygen atoms in total. The van der Waals surface area contributed by atoms with Crippen LogP contribution in [0.3, 0.4) is 0 Å². The Morgan fingerprint density at radius 3 is 2.77 bits per heavy atom. The Balaban J connectivity index is 2.22. The average Bonchev–Trinajstić information content (AvgIpc) is 2.55. The van der Waals surface area contributed by atoms with E-state index in [-0.39, 0.29) is 6.04 Å². The summed E-state index contributed by atoms with van der Waals surface area (Å²) < 4.78 is 0. The molecule has 1 atom stereocenters. The van der Waals surface area contributed by atoms with E-state index in [4.69, 9.17) is 4.84 Å². The predicted molar refractivity (Wildman–Crippen MR) is 56.7 cm³/mol. The average molecular weight is 199 g/mol. The fraction of sp³-hybridized carbons (Fsp3) is 0.600. The molecule has 0 amide bonds. The van der Waals surface area contributed by atoms with Crippen molar-refractivity contribution in [3.05, 3.63) is 22.4 Å². The van der Waals surface area contributed by atoms with Crippen molar-refractivity contribution in [3.63, 3.8) is 0 Å². The molecular formula is C10H17NOS. The molecule has 1 N–H and O–H groups in total. The van der Waals surface area contributed by atoms with Crippen molar-refractivity contribution >= 4 is 11.3 Å². The Morgan fingerprint density at radius 1 is 1.46 bits per heavy atom. The van der Waals surface area contributed by atoms with Crippen LogP contribution in [0, 0.1) is 5.92 Å². The minimum atomic E-state index is 0.282. The largest absolute Gasteiger partial charge is 0.301 e.